The van der Waals surface area contributed by atoms with Crippen LogP contribution in [0.2, 0.25) is 0 Å². The van der Waals surface area contributed by atoms with E-state index in [4.69, 9.17) is 14.2 Å². The number of hydrogen-bond acceptors (Lipinski definition) is 6. The van der Waals surface area contributed by atoms with Gasteiger partial charge in [-0.25, -0.2) is 0 Å². The average Bonchev–Trinajstić information content (AvgIpc) is 3.28. The smallest absolute Gasteiger partial charge is 0.306 e. The highest BCUT2D eigenvalue weighted by Gasteiger charge is 2.19. The zero-order valence-corrected chi connectivity index (χ0v) is 42.1. The van der Waals surface area contributed by atoms with Crippen molar-refractivity contribution in [3.63, 3.8) is 0 Å². The van der Waals surface area contributed by atoms with Crippen LogP contribution in [0.1, 0.15) is 290 Å². The van der Waals surface area contributed by atoms with Gasteiger partial charge in [0.15, 0.2) is 6.10 Å². The maximum absolute atomic E-state index is 12.8. The fourth-order valence-electron chi connectivity index (χ4n) is 7.90. The van der Waals surface area contributed by atoms with Gasteiger partial charge in [-0.3, -0.25) is 14.4 Å². The zero-order chi connectivity index (χ0) is 45.8. The van der Waals surface area contributed by atoms with E-state index in [1.807, 2.05) is 0 Å². The Bertz CT molecular complexity index is 1010. The first kappa shape index (κ1) is 60.6. The van der Waals surface area contributed by atoms with Gasteiger partial charge in [0.25, 0.3) is 0 Å². The highest BCUT2D eigenvalue weighted by atomic mass is 16.6. The molecule has 0 aliphatic rings. The summed E-state index contributed by atoms with van der Waals surface area (Å²) in [6, 6.07) is 0. The number of carbonyl (C=O) groups is 3. The molecule has 0 bridgehead atoms. The number of carbonyl (C=O) groups excluding carboxylic acids is 3. The molecule has 0 saturated heterocycles. The van der Waals surface area contributed by atoms with Crippen molar-refractivity contribution in [3.8, 4) is 0 Å². The predicted molar refractivity (Wildman–Crippen MR) is 270 cm³/mol. The summed E-state index contributed by atoms with van der Waals surface area (Å²) < 4.78 is 16.8. The van der Waals surface area contributed by atoms with Crippen LogP contribution in [0.3, 0.4) is 0 Å². The van der Waals surface area contributed by atoms with E-state index in [0.29, 0.717) is 19.3 Å². The van der Waals surface area contributed by atoms with Crippen LogP contribution in [0.15, 0.2) is 36.5 Å². The molecular weight excluding hydrogens is 781 g/mol. The molecule has 0 atom stereocenters. The van der Waals surface area contributed by atoms with E-state index < -0.39 is 6.10 Å². The number of rotatable bonds is 50. The molecule has 0 aliphatic carbocycles. The quantitative estimate of drug-likeness (QED) is 0.0262. The van der Waals surface area contributed by atoms with Gasteiger partial charge in [0.2, 0.25) is 0 Å². The highest BCUT2D eigenvalue weighted by Crippen LogP contribution is 2.15. The summed E-state index contributed by atoms with van der Waals surface area (Å²) in [4.78, 5) is 38.1. The predicted octanol–water partition coefficient (Wildman–Crippen LogP) is 18.1. The minimum atomic E-state index is -0.775. The minimum Gasteiger partial charge on any atom is -0.462 e. The Hall–Kier alpha value is -2.37. The molecule has 0 aliphatic heterocycles. The minimum absolute atomic E-state index is 0.0756. The number of hydrogen-bond donors (Lipinski definition) is 0. The Kier molecular flexibility index (Phi) is 50.3. The maximum Gasteiger partial charge on any atom is 0.306 e. The van der Waals surface area contributed by atoms with Crippen LogP contribution in [-0.2, 0) is 28.6 Å². The lowest BCUT2D eigenvalue weighted by molar-refractivity contribution is -0.167. The average molecular weight is 885 g/mol. The van der Waals surface area contributed by atoms with Gasteiger partial charge in [-0.1, -0.05) is 211 Å². The molecule has 0 unspecified atom stereocenters. The van der Waals surface area contributed by atoms with Crippen LogP contribution in [0.25, 0.3) is 0 Å². The summed E-state index contributed by atoms with van der Waals surface area (Å²) in [5, 5.41) is 0. The molecule has 0 heterocycles. The van der Waals surface area contributed by atoms with Crippen LogP contribution >= 0.6 is 0 Å². The van der Waals surface area contributed by atoms with Crippen molar-refractivity contribution in [2.45, 2.75) is 297 Å². The summed E-state index contributed by atoms with van der Waals surface area (Å²) in [6.07, 6.45) is 61.2. The third kappa shape index (κ3) is 50.5. The number of unbranched alkanes of at least 4 members (excludes halogenated alkanes) is 33. The van der Waals surface area contributed by atoms with Crippen molar-refractivity contribution in [1.29, 1.82) is 0 Å². The van der Waals surface area contributed by atoms with E-state index >= 15 is 0 Å². The molecule has 6 heteroatoms. The second kappa shape index (κ2) is 52.3. The van der Waals surface area contributed by atoms with Crippen molar-refractivity contribution in [2.24, 2.45) is 0 Å². The lowest BCUT2D eigenvalue weighted by Gasteiger charge is -2.18. The maximum atomic E-state index is 12.8. The van der Waals surface area contributed by atoms with Crippen LogP contribution in [0.5, 0.6) is 0 Å². The van der Waals surface area contributed by atoms with Gasteiger partial charge in [0.1, 0.15) is 13.2 Å². The van der Waals surface area contributed by atoms with E-state index in [0.717, 1.165) is 57.8 Å². The first-order valence-corrected chi connectivity index (χ1v) is 27.5. The van der Waals surface area contributed by atoms with E-state index in [1.54, 1.807) is 0 Å². The Morgan fingerprint density at radius 2 is 0.524 bits per heavy atom. The Labute approximate surface area is 391 Å². The highest BCUT2D eigenvalue weighted by molar-refractivity contribution is 5.71. The van der Waals surface area contributed by atoms with Crippen molar-refractivity contribution in [2.75, 3.05) is 13.2 Å². The van der Waals surface area contributed by atoms with E-state index in [-0.39, 0.29) is 31.1 Å². The molecule has 0 N–H and O–H groups in total. The molecule has 6 nitrogen and oxygen atoms in total. The molecule has 0 aromatic heterocycles. The Morgan fingerprint density at radius 3 is 0.794 bits per heavy atom. The lowest BCUT2D eigenvalue weighted by atomic mass is 10.1. The largest absolute Gasteiger partial charge is 0.462 e. The summed E-state index contributed by atoms with van der Waals surface area (Å²) in [6.45, 7) is 6.62. The number of ether oxygens (including phenoxy) is 3. The van der Waals surface area contributed by atoms with Crippen LogP contribution in [0, 0.1) is 0 Å². The Morgan fingerprint density at radius 1 is 0.302 bits per heavy atom. The van der Waals surface area contributed by atoms with Crippen LogP contribution < -0.4 is 0 Å². The Balaban J connectivity index is 4.37. The third-order valence-electron chi connectivity index (χ3n) is 12.1. The molecule has 0 saturated carbocycles. The molecule has 0 amide bonds. The van der Waals surface area contributed by atoms with Crippen LogP contribution in [-0.4, -0.2) is 37.2 Å². The molecule has 0 spiro atoms. The SMILES string of the molecule is CCCCCCC=CCCCCCCCCCC(=O)OCC(COC(=O)CCCCCCCCCC=CCCCCCC)OC(=O)CCCCCCCCCC=CCCCCCC. The first-order chi connectivity index (χ1) is 31.0. The van der Waals surface area contributed by atoms with Crippen molar-refractivity contribution < 1.29 is 28.6 Å². The summed E-state index contributed by atoms with van der Waals surface area (Å²) in [5.41, 5.74) is 0. The van der Waals surface area contributed by atoms with E-state index in [2.05, 4.69) is 57.2 Å². The second-order valence-electron chi connectivity index (χ2n) is 18.5. The monoisotopic (exact) mass is 885 g/mol. The molecule has 0 aromatic rings. The van der Waals surface area contributed by atoms with Crippen molar-refractivity contribution in [1.82, 2.24) is 0 Å². The van der Waals surface area contributed by atoms with Gasteiger partial charge in [0.05, 0.1) is 0 Å². The van der Waals surface area contributed by atoms with E-state index in [9.17, 15) is 14.4 Å². The third-order valence-corrected chi connectivity index (χ3v) is 12.1. The van der Waals surface area contributed by atoms with Gasteiger partial charge in [-0.2, -0.15) is 0 Å². The fraction of sp³-hybridized carbons (Fsp3) is 0.842. The van der Waals surface area contributed by atoms with Crippen LogP contribution in [0.4, 0.5) is 0 Å². The summed E-state index contributed by atoms with van der Waals surface area (Å²) in [5.74, 6) is -0.876. The number of esters is 3. The first-order valence-electron chi connectivity index (χ1n) is 27.5. The van der Waals surface area contributed by atoms with Gasteiger partial charge < -0.3 is 14.2 Å². The normalized spacial score (nSPS) is 12.2. The lowest BCUT2D eigenvalue weighted by Crippen LogP contribution is -2.30. The van der Waals surface area contributed by atoms with Gasteiger partial charge in [-0.15, -0.1) is 0 Å². The van der Waals surface area contributed by atoms with Gasteiger partial charge in [0, 0.05) is 19.3 Å². The van der Waals surface area contributed by atoms with Gasteiger partial charge in [-0.05, 0) is 96.3 Å². The van der Waals surface area contributed by atoms with Crippen molar-refractivity contribution >= 4 is 17.9 Å². The molecule has 63 heavy (non-hydrogen) atoms. The zero-order valence-electron chi connectivity index (χ0n) is 42.1. The fourth-order valence-corrected chi connectivity index (χ4v) is 7.90. The molecule has 368 valence electrons. The van der Waals surface area contributed by atoms with Crippen molar-refractivity contribution in [3.05, 3.63) is 36.5 Å². The summed E-state index contributed by atoms with van der Waals surface area (Å²) in [7, 11) is 0. The number of allylic oxidation sites excluding steroid dienone is 6. The molecular formula is C57H104O6. The second-order valence-corrected chi connectivity index (χ2v) is 18.5. The van der Waals surface area contributed by atoms with E-state index in [1.165, 1.54) is 193 Å². The molecule has 0 rings (SSSR count). The topological polar surface area (TPSA) is 78.9 Å². The standard InChI is InChI=1S/C57H104O6/c1-4-7-10-13-16-19-22-25-28-31-34-37-40-43-46-49-55(58)61-52-54(63-57(60)51-48-45-42-39-36-33-30-27-24-21-18-15-12-9-6-3)53-62-56(59)50-47-44-41-38-35-32-29-26-23-20-17-14-11-8-5-2/h19-24,54H,4-18,25-53H2,1-3H3. The summed E-state index contributed by atoms with van der Waals surface area (Å²) >= 11 is 0. The van der Waals surface area contributed by atoms with Gasteiger partial charge >= 0.3 is 17.9 Å². The molecule has 0 radical (unpaired) electrons. The molecule has 0 aromatic carbocycles. The molecule has 0 fully saturated rings.